The van der Waals surface area contributed by atoms with Crippen molar-refractivity contribution in [2.45, 2.75) is 19.4 Å². The molecule has 1 aromatic carbocycles. The molecule has 2 N–H and O–H groups in total. The van der Waals surface area contributed by atoms with Crippen LogP contribution in [-0.4, -0.2) is 34.7 Å². The molecule has 2 atom stereocenters. The smallest absolute Gasteiger partial charge is 0.228 e. The lowest BCUT2D eigenvalue weighted by molar-refractivity contribution is -0.122. The molecule has 1 heterocycles. The summed E-state index contributed by atoms with van der Waals surface area (Å²) in [6.45, 7) is 3.86. The third-order valence-electron chi connectivity index (χ3n) is 3.36. The van der Waals surface area contributed by atoms with Crippen molar-refractivity contribution in [3.8, 4) is 0 Å². The molecule has 0 bridgehead atoms. The number of benzene rings is 1. The van der Waals surface area contributed by atoms with Crippen LogP contribution >= 0.6 is 0 Å². The second kappa shape index (κ2) is 6.82. The molecule has 0 saturated heterocycles. The molecule has 2 unspecified atom stereocenters. The predicted molar refractivity (Wildman–Crippen MR) is 77.4 cm³/mol. The molecular formula is C14H20N2O2S. The number of rotatable bonds is 5. The molecule has 4 nitrogen and oxygen atoms in total. The lowest BCUT2D eigenvalue weighted by Crippen LogP contribution is -2.40. The van der Waals surface area contributed by atoms with Crippen molar-refractivity contribution in [3.63, 3.8) is 0 Å². The maximum atomic E-state index is 12.2. The fraction of sp³-hybridized carbons (Fsp3) is 0.500. The van der Waals surface area contributed by atoms with E-state index in [2.05, 4.69) is 10.6 Å². The van der Waals surface area contributed by atoms with Gasteiger partial charge < -0.3 is 10.6 Å². The number of carbonyl (C=O) groups excluding carboxylic acids is 1. The Morgan fingerprint density at radius 2 is 2.26 bits per heavy atom. The highest BCUT2D eigenvalue weighted by Gasteiger charge is 2.25. The van der Waals surface area contributed by atoms with E-state index in [1.807, 2.05) is 31.2 Å². The predicted octanol–water partition coefficient (Wildman–Crippen LogP) is 0.758. The highest BCUT2D eigenvalue weighted by atomic mass is 32.2. The number of nitrogens with one attached hydrogen (secondary N) is 2. The fourth-order valence-electron chi connectivity index (χ4n) is 2.29. The van der Waals surface area contributed by atoms with Gasteiger partial charge in [0.1, 0.15) is 0 Å². The van der Waals surface area contributed by atoms with E-state index in [0.29, 0.717) is 24.6 Å². The standard InChI is InChI=1S/C14H20N2O2S/c1-2-19(18)8-7-16-14(17)13-10-15-9-11-5-3-4-6-12(11)13/h3-6,13,15H,2,7-10H2,1H3,(H,16,17). The van der Waals surface area contributed by atoms with Crippen molar-refractivity contribution in [2.75, 3.05) is 24.6 Å². The summed E-state index contributed by atoms with van der Waals surface area (Å²) in [5, 5.41) is 6.15. The van der Waals surface area contributed by atoms with Gasteiger partial charge in [-0.15, -0.1) is 0 Å². The average molecular weight is 280 g/mol. The zero-order chi connectivity index (χ0) is 13.7. The molecule has 0 saturated carbocycles. The molecule has 0 radical (unpaired) electrons. The van der Waals surface area contributed by atoms with Gasteiger partial charge in [-0.05, 0) is 11.1 Å². The van der Waals surface area contributed by atoms with Crippen molar-refractivity contribution < 1.29 is 9.00 Å². The lowest BCUT2D eigenvalue weighted by atomic mass is 9.90. The van der Waals surface area contributed by atoms with Crippen LogP contribution in [-0.2, 0) is 22.1 Å². The second-order valence-electron chi connectivity index (χ2n) is 4.61. The van der Waals surface area contributed by atoms with E-state index < -0.39 is 10.8 Å². The first kappa shape index (κ1) is 14.2. The molecule has 0 spiro atoms. The van der Waals surface area contributed by atoms with Crippen LogP contribution in [0.5, 0.6) is 0 Å². The Kier molecular flexibility index (Phi) is 5.10. The van der Waals surface area contributed by atoms with Gasteiger partial charge >= 0.3 is 0 Å². The highest BCUT2D eigenvalue weighted by Crippen LogP contribution is 2.23. The molecule has 1 aromatic rings. The van der Waals surface area contributed by atoms with Gasteiger partial charge in [-0.3, -0.25) is 9.00 Å². The highest BCUT2D eigenvalue weighted by molar-refractivity contribution is 7.84. The van der Waals surface area contributed by atoms with E-state index in [4.69, 9.17) is 0 Å². The number of hydrogen-bond acceptors (Lipinski definition) is 3. The lowest BCUT2D eigenvalue weighted by Gasteiger charge is -2.25. The maximum absolute atomic E-state index is 12.2. The molecule has 0 aliphatic carbocycles. The number of fused-ring (bicyclic) bond motifs is 1. The SMILES string of the molecule is CCS(=O)CCNC(=O)C1CNCc2ccccc21. The van der Waals surface area contributed by atoms with Gasteiger partial charge in [0.25, 0.3) is 0 Å². The van der Waals surface area contributed by atoms with Crippen molar-refractivity contribution in [1.29, 1.82) is 0 Å². The first-order chi connectivity index (χ1) is 9.22. The first-order valence-corrected chi connectivity index (χ1v) is 8.12. The summed E-state index contributed by atoms with van der Waals surface area (Å²) in [5.74, 6) is 1.06. The summed E-state index contributed by atoms with van der Waals surface area (Å²) in [6, 6.07) is 8.03. The van der Waals surface area contributed by atoms with Crippen molar-refractivity contribution in [2.24, 2.45) is 0 Å². The zero-order valence-electron chi connectivity index (χ0n) is 11.1. The Hall–Kier alpha value is -1.20. The minimum atomic E-state index is -0.824. The Balaban J connectivity index is 1.95. The molecule has 2 rings (SSSR count). The van der Waals surface area contributed by atoms with Gasteiger partial charge in [-0.2, -0.15) is 0 Å². The Morgan fingerprint density at radius 3 is 3.05 bits per heavy atom. The molecule has 1 aliphatic heterocycles. The van der Waals surface area contributed by atoms with Gasteiger partial charge in [0.05, 0.1) is 5.92 Å². The van der Waals surface area contributed by atoms with Gasteiger partial charge in [0, 0.05) is 41.9 Å². The van der Waals surface area contributed by atoms with Crippen molar-refractivity contribution in [1.82, 2.24) is 10.6 Å². The summed E-state index contributed by atoms with van der Waals surface area (Å²) in [6.07, 6.45) is 0. The van der Waals surface area contributed by atoms with E-state index in [-0.39, 0.29) is 11.8 Å². The molecule has 0 fully saturated rings. The summed E-state index contributed by atoms with van der Waals surface area (Å²) in [5.41, 5.74) is 2.29. The van der Waals surface area contributed by atoms with Crippen LogP contribution in [0.15, 0.2) is 24.3 Å². The van der Waals surface area contributed by atoms with Crippen molar-refractivity contribution >= 4 is 16.7 Å². The van der Waals surface area contributed by atoms with E-state index in [0.717, 1.165) is 12.1 Å². The van der Waals surface area contributed by atoms with E-state index in [9.17, 15) is 9.00 Å². The number of amides is 1. The summed E-state index contributed by atoms with van der Waals surface area (Å²) in [7, 11) is -0.824. The van der Waals surface area contributed by atoms with Crippen molar-refractivity contribution in [3.05, 3.63) is 35.4 Å². The fourth-order valence-corrected chi connectivity index (χ4v) is 2.90. The van der Waals surface area contributed by atoms with Gasteiger partial charge in [0.2, 0.25) is 5.91 Å². The van der Waals surface area contributed by atoms with Crippen LogP contribution in [0.3, 0.4) is 0 Å². The van der Waals surface area contributed by atoms with Crippen LogP contribution in [0.1, 0.15) is 24.0 Å². The summed E-state index contributed by atoms with van der Waals surface area (Å²) < 4.78 is 11.3. The molecule has 1 amide bonds. The summed E-state index contributed by atoms with van der Waals surface area (Å²) >= 11 is 0. The third kappa shape index (κ3) is 3.64. The minimum absolute atomic E-state index is 0.0211. The quantitative estimate of drug-likeness (QED) is 0.837. The van der Waals surface area contributed by atoms with E-state index >= 15 is 0 Å². The molecule has 0 aromatic heterocycles. The molecule has 1 aliphatic rings. The van der Waals surface area contributed by atoms with Crippen LogP contribution in [0.4, 0.5) is 0 Å². The normalized spacial score (nSPS) is 19.5. The molecular weight excluding hydrogens is 260 g/mol. The molecule has 104 valence electrons. The number of hydrogen-bond donors (Lipinski definition) is 2. The van der Waals surface area contributed by atoms with Gasteiger partial charge in [-0.25, -0.2) is 0 Å². The third-order valence-corrected chi connectivity index (χ3v) is 4.67. The van der Waals surface area contributed by atoms with E-state index in [1.165, 1.54) is 5.56 Å². The van der Waals surface area contributed by atoms with Crippen LogP contribution in [0.2, 0.25) is 0 Å². The maximum Gasteiger partial charge on any atom is 0.228 e. The topological polar surface area (TPSA) is 58.2 Å². The monoisotopic (exact) mass is 280 g/mol. The first-order valence-electron chi connectivity index (χ1n) is 6.63. The number of carbonyl (C=O) groups is 1. The largest absolute Gasteiger partial charge is 0.355 e. The second-order valence-corrected chi connectivity index (χ2v) is 6.47. The van der Waals surface area contributed by atoms with Gasteiger partial charge in [0.15, 0.2) is 0 Å². The van der Waals surface area contributed by atoms with Crippen LogP contribution in [0, 0.1) is 0 Å². The van der Waals surface area contributed by atoms with E-state index in [1.54, 1.807) is 0 Å². The Morgan fingerprint density at radius 1 is 1.47 bits per heavy atom. The molecule has 5 heteroatoms. The minimum Gasteiger partial charge on any atom is -0.355 e. The Labute approximate surface area is 116 Å². The Bertz CT molecular complexity index is 476. The molecule has 19 heavy (non-hydrogen) atoms. The van der Waals surface area contributed by atoms with Gasteiger partial charge in [-0.1, -0.05) is 31.2 Å². The average Bonchev–Trinajstić information content (AvgIpc) is 2.46. The van der Waals surface area contributed by atoms with Crippen LogP contribution in [0.25, 0.3) is 0 Å². The summed E-state index contributed by atoms with van der Waals surface area (Å²) in [4.78, 5) is 12.2. The van der Waals surface area contributed by atoms with Crippen LogP contribution < -0.4 is 10.6 Å². The zero-order valence-corrected chi connectivity index (χ0v) is 12.0.